The molecule has 0 atom stereocenters. The first kappa shape index (κ1) is 13.9. The second-order valence-electron chi connectivity index (χ2n) is 3.50. The molecule has 6 nitrogen and oxygen atoms in total. The minimum atomic E-state index is -1.09. The third-order valence-electron chi connectivity index (χ3n) is 2.04. The van der Waals surface area contributed by atoms with Crippen LogP contribution in [0.2, 0.25) is 0 Å². The van der Waals surface area contributed by atoms with Crippen LogP contribution in [-0.2, 0) is 9.59 Å². The zero-order valence-corrected chi connectivity index (χ0v) is 10.4. The minimum absolute atomic E-state index is 0.182. The van der Waals surface area contributed by atoms with E-state index in [0.29, 0.717) is 10.4 Å². The largest absolute Gasteiger partial charge is 0.478 e. The summed E-state index contributed by atoms with van der Waals surface area (Å²) in [4.78, 5) is 34.7. The number of carboxylic acids is 1. The van der Waals surface area contributed by atoms with Gasteiger partial charge in [-0.3, -0.25) is 9.59 Å². The molecular weight excluding hydrogens is 256 g/mol. The molecule has 2 amide bonds. The van der Waals surface area contributed by atoms with Gasteiger partial charge in [0.1, 0.15) is 0 Å². The Morgan fingerprint density at radius 1 is 1.50 bits per heavy atom. The number of likely N-dealkylation sites (N-methyl/N-ethyl adjacent to an activating group) is 1. The third-order valence-corrected chi connectivity index (χ3v) is 2.95. The number of carbonyl (C=O) groups excluding carboxylic acids is 2. The Labute approximate surface area is 107 Å². The van der Waals surface area contributed by atoms with E-state index in [0.717, 1.165) is 6.08 Å². The van der Waals surface area contributed by atoms with Crippen molar-refractivity contribution in [2.75, 3.05) is 13.6 Å². The smallest absolute Gasteiger partial charge is 0.328 e. The summed E-state index contributed by atoms with van der Waals surface area (Å²) >= 11 is 1.18. The van der Waals surface area contributed by atoms with E-state index in [1.165, 1.54) is 29.4 Å². The van der Waals surface area contributed by atoms with Crippen molar-refractivity contribution in [2.24, 2.45) is 5.73 Å². The highest BCUT2D eigenvalue weighted by Gasteiger charge is 2.17. The van der Waals surface area contributed by atoms with Crippen LogP contribution in [-0.4, -0.2) is 41.4 Å². The topological polar surface area (TPSA) is 101 Å². The summed E-state index contributed by atoms with van der Waals surface area (Å²) in [6.45, 7) is -0.182. The van der Waals surface area contributed by atoms with E-state index in [9.17, 15) is 14.4 Å². The molecule has 0 fully saturated rings. The number of rotatable bonds is 5. The van der Waals surface area contributed by atoms with Gasteiger partial charge >= 0.3 is 5.97 Å². The van der Waals surface area contributed by atoms with E-state index in [4.69, 9.17) is 10.8 Å². The first-order chi connectivity index (χ1) is 8.41. The van der Waals surface area contributed by atoms with Crippen LogP contribution in [0.5, 0.6) is 0 Å². The Hall–Kier alpha value is -2.15. The number of hydrogen-bond acceptors (Lipinski definition) is 4. The molecule has 0 aliphatic rings. The average Bonchev–Trinajstić information content (AvgIpc) is 2.72. The fraction of sp³-hybridized carbons (Fsp3) is 0.182. The van der Waals surface area contributed by atoms with E-state index in [1.54, 1.807) is 11.4 Å². The Balaban J connectivity index is 2.90. The van der Waals surface area contributed by atoms with Gasteiger partial charge in [-0.05, 0) is 23.1 Å². The van der Waals surface area contributed by atoms with Crippen LogP contribution in [0.25, 0.3) is 6.08 Å². The fourth-order valence-corrected chi connectivity index (χ4v) is 2.14. The van der Waals surface area contributed by atoms with E-state index in [1.807, 2.05) is 0 Å². The molecule has 0 radical (unpaired) electrons. The standard InChI is InChI=1S/C11H12N2O4S/c1-13(6-8(12)14)11(17)10-7(4-5-18-10)2-3-9(15)16/h2-5H,6H2,1H3,(H2,12,14)(H,15,16)/b3-2+. The van der Waals surface area contributed by atoms with Crippen LogP contribution in [0.1, 0.15) is 15.2 Å². The number of hydrogen-bond donors (Lipinski definition) is 2. The van der Waals surface area contributed by atoms with Crippen molar-refractivity contribution >= 4 is 35.2 Å². The molecule has 0 spiro atoms. The summed E-state index contributed by atoms with van der Waals surface area (Å²) in [5.41, 5.74) is 5.50. The lowest BCUT2D eigenvalue weighted by Crippen LogP contribution is -2.35. The van der Waals surface area contributed by atoms with Crippen LogP contribution >= 0.6 is 11.3 Å². The Morgan fingerprint density at radius 3 is 2.72 bits per heavy atom. The van der Waals surface area contributed by atoms with E-state index >= 15 is 0 Å². The lowest BCUT2D eigenvalue weighted by molar-refractivity contribution is -0.131. The van der Waals surface area contributed by atoms with Gasteiger partial charge in [0, 0.05) is 13.1 Å². The summed E-state index contributed by atoms with van der Waals surface area (Å²) in [6.07, 6.45) is 2.29. The molecule has 18 heavy (non-hydrogen) atoms. The number of carboxylic acid groups (broad SMARTS) is 1. The van der Waals surface area contributed by atoms with Gasteiger partial charge in [-0.2, -0.15) is 0 Å². The zero-order chi connectivity index (χ0) is 13.7. The second-order valence-corrected chi connectivity index (χ2v) is 4.42. The summed E-state index contributed by atoms with van der Waals surface area (Å²) in [6, 6.07) is 1.63. The van der Waals surface area contributed by atoms with Crippen LogP contribution in [0.4, 0.5) is 0 Å². The van der Waals surface area contributed by atoms with Crippen molar-refractivity contribution in [3.63, 3.8) is 0 Å². The van der Waals surface area contributed by atoms with E-state index < -0.39 is 11.9 Å². The summed E-state index contributed by atoms with van der Waals surface area (Å²) in [5.74, 6) is -2.07. The molecular formula is C11H12N2O4S. The van der Waals surface area contributed by atoms with Crippen molar-refractivity contribution in [1.29, 1.82) is 0 Å². The highest BCUT2D eigenvalue weighted by atomic mass is 32.1. The first-order valence-electron chi connectivity index (χ1n) is 4.94. The van der Waals surface area contributed by atoms with Gasteiger partial charge in [-0.1, -0.05) is 0 Å². The van der Waals surface area contributed by atoms with Gasteiger partial charge in [0.05, 0.1) is 11.4 Å². The zero-order valence-electron chi connectivity index (χ0n) is 9.62. The van der Waals surface area contributed by atoms with Gasteiger partial charge in [-0.15, -0.1) is 11.3 Å². The number of thiophene rings is 1. The predicted octanol–water partition coefficient (Wildman–Crippen LogP) is 0.403. The lowest BCUT2D eigenvalue weighted by atomic mass is 10.2. The Kier molecular flexibility index (Phi) is 4.61. The third kappa shape index (κ3) is 3.70. The van der Waals surface area contributed by atoms with E-state index in [2.05, 4.69) is 0 Å². The molecule has 1 heterocycles. The quantitative estimate of drug-likeness (QED) is 0.755. The van der Waals surface area contributed by atoms with Crippen LogP contribution in [0.3, 0.4) is 0 Å². The highest BCUT2D eigenvalue weighted by molar-refractivity contribution is 7.12. The van der Waals surface area contributed by atoms with Gasteiger partial charge < -0.3 is 15.7 Å². The minimum Gasteiger partial charge on any atom is -0.478 e. The first-order valence-corrected chi connectivity index (χ1v) is 5.82. The molecule has 0 saturated carbocycles. The molecule has 7 heteroatoms. The maximum atomic E-state index is 12.0. The predicted molar refractivity (Wildman–Crippen MR) is 67.1 cm³/mol. The molecule has 1 aromatic rings. The van der Waals surface area contributed by atoms with E-state index in [-0.39, 0.29) is 12.5 Å². The fourth-order valence-electron chi connectivity index (χ4n) is 1.26. The van der Waals surface area contributed by atoms with Crippen LogP contribution < -0.4 is 5.73 Å². The maximum absolute atomic E-state index is 12.0. The molecule has 1 aromatic heterocycles. The van der Waals surface area contributed by atoms with Crippen LogP contribution in [0.15, 0.2) is 17.5 Å². The number of carbonyl (C=O) groups is 3. The van der Waals surface area contributed by atoms with Gasteiger partial charge in [0.15, 0.2) is 0 Å². The molecule has 1 rings (SSSR count). The normalized spacial score (nSPS) is 10.5. The average molecular weight is 268 g/mol. The van der Waals surface area contributed by atoms with Crippen molar-refractivity contribution in [3.05, 3.63) is 28.0 Å². The molecule has 0 aromatic carbocycles. The second kappa shape index (κ2) is 5.97. The van der Waals surface area contributed by atoms with Gasteiger partial charge in [0.25, 0.3) is 5.91 Å². The molecule has 0 bridgehead atoms. The van der Waals surface area contributed by atoms with Crippen molar-refractivity contribution in [1.82, 2.24) is 4.90 Å². The number of primary amides is 1. The van der Waals surface area contributed by atoms with Crippen molar-refractivity contribution < 1.29 is 19.5 Å². The summed E-state index contributed by atoms with van der Waals surface area (Å²) in [7, 11) is 1.46. The molecule has 3 N–H and O–H groups in total. The SMILES string of the molecule is CN(CC(N)=O)C(=O)c1sccc1/C=C/C(=O)O. The van der Waals surface area contributed by atoms with Gasteiger partial charge in [-0.25, -0.2) is 4.79 Å². The number of amides is 2. The monoisotopic (exact) mass is 268 g/mol. The molecule has 0 aliphatic heterocycles. The molecule has 0 aliphatic carbocycles. The lowest BCUT2D eigenvalue weighted by Gasteiger charge is -2.14. The van der Waals surface area contributed by atoms with Crippen molar-refractivity contribution in [2.45, 2.75) is 0 Å². The van der Waals surface area contributed by atoms with Crippen molar-refractivity contribution in [3.8, 4) is 0 Å². The Bertz CT molecular complexity index is 507. The Morgan fingerprint density at radius 2 is 2.17 bits per heavy atom. The number of nitrogens with two attached hydrogens (primary N) is 1. The maximum Gasteiger partial charge on any atom is 0.328 e. The molecule has 0 saturated heterocycles. The number of aliphatic carboxylic acids is 1. The van der Waals surface area contributed by atoms with Gasteiger partial charge in [0.2, 0.25) is 5.91 Å². The summed E-state index contributed by atoms with van der Waals surface area (Å²) < 4.78 is 0. The highest BCUT2D eigenvalue weighted by Crippen LogP contribution is 2.20. The molecule has 0 unspecified atom stereocenters. The number of nitrogens with zero attached hydrogens (tertiary/aromatic N) is 1. The molecule has 96 valence electrons. The van der Waals surface area contributed by atoms with Crippen LogP contribution in [0, 0.1) is 0 Å². The summed E-state index contributed by atoms with van der Waals surface area (Å²) in [5, 5.41) is 10.2.